The van der Waals surface area contributed by atoms with Gasteiger partial charge in [-0.15, -0.1) is 0 Å². The van der Waals surface area contributed by atoms with Crippen molar-refractivity contribution in [2.75, 3.05) is 12.3 Å². The maximum atomic E-state index is 13.1. The zero-order valence-electron chi connectivity index (χ0n) is 8.26. The molecule has 0 aliphatic rings. The molecule has 0 amide bonds. The zero-order chi connectivity index (χ0) is 10.6. The number of hydrogen-bond acceptors (Lipinski definition) is 2. The Hall–Kier alpha value is -1.35. The second-order valence-corrected chi connectivity index (χ2v) is 3.21. The van der Waals surface area contributed by atoms with Gasteiger partial charge in [0.05, 0.1) is 5.69 Å². The van der Waals surface area contributed by atoms with Crippen molar-refractivity contribution in [1.82, 2.24) is 0 Å². The molecule has 0 saturated heterocycles. The van der Waals surface area contributed by atoms with E-state index in [1.54, 1.807) is 6.07 Å². The Bertz CT molecular complexity index is 345. The Morgan fingerprint density at radius 3 is 2.79 bits per heavy atom. The first-order chi connectivity index (χ1) is 6.65. The first kappa shape index (κ1) is 10.7. The Morgan fingerprint density at radius 2 is 2.14 bits per heavy atom. The number of aryl methyl sites for hydroxylation is 1. The highest BCUT2D eigenvalue weighted by Crippen LogP contribution is 2.18. The van der Waals surface area contributed by atoms with Crippen LogP contribution in [0, 0.1) is 12.7 Å². The molecular weight excluding hydrogens is 179 g/mol. The third kappa shape index (κ3) is 2.57. The van der Waals surface area contributed by atoms with Crippen LogP contribution in [0.15, 0.2) is 18.2 Å². The lowest BCUT2D eigenvalue weighted by molar-refractivity contribution is 0.632. The first-order valence-corrected chi connectivity index (χ1v) is 4.57. The number of nitrogens with two attached hydrogens (primary N) is 2. The van der Waals surface area contributed by atoms with E-state index in [9.17, 15) is 4.39 Å². The predicted octanol–water partition coefficient (Wildman–Crippen LogP) is 2.08. The molecule has 0 heterocycles. The molecule has 1 rings (SSSR count). The topological polar surface area (TPSA) is 52.0 Å². The first-order valence-electron chi connectivity index (χ1n) is 4.57. The molecule has 2 nitrogen and oxygen atoms in total. The van der Waals surface area contributed by atoms with Crippen molar-refractivity contribution in [1.29, 1.82) is 0 Å². The van der Waals surface area contributed by atoms with E-state index in [-0.39, 0.29) is 11.5 Å². The summed E-state index contributed by atoms with van der Waals surface area (Å²) in [6.07, 6.45) is 4.59. The number of rotatable bonds is 3. The van der Waals surface area contributed by atoms with Crippen molar-refractivity contribution in [2.24, 2.45) is 5.73 Å². The van der Waals surface area contributed by atoms with Gasteiger partial charge in [0, 0.05) is 0 Å². The van der Waals surface area contributed by atoms with Crippen LogP contribution in [0.3, 0.4) is 0 Å². The average molecular weight is 194 g/mol. The predicted molar refractivity (Wildman–Crippen MR) is 58.3 cm³/mol. The van der Waals surface area contributed by atoms with Crippen LogP contribution in [0.5, 0.6) is 0 Å². The Kier molecular flexibility index (Phi) is 3.65. The van der Waals surface area contributed by atoms with Gasteiger partial charge in [-0.25, -0.2) is 4.39 Å². The number of halogens is 1. The van der Waals surface area contributed by atoms with Crippen LogP contribution in [0.25, 0.3) is 6.08 Å². The lowest BCUT2D eigenvalue weighted by Crippen LogP contribution is -1.96. The van der Waals surface area contributed by atoms with Gasteiger partial charge < -0.3 is 11.5 Å². The fourth-order valence-corrected chi connectivity index (χ4v) is 1.21. The molecule has 3 heteroatoms. The summed E-state index contributed by atoms with van der Waals surface area (Å²) in [6, 6.07) is 3.08. The Morgan fingerprint density at radius 1 is 1.43 bits per heavy atom. The lowest BCUT2D eigenvalue weighted by Gasteiger charge is -2.03. The highest BCUT2D eigenvalue weighted by molar-refractivity contribution is 5.58. The molecule has 0 unspecified atom stereocenters. The summed E-state index contributed by atoms with van der Waals surface area (Å²) in [6.45, 7) is 2.50. The van der Waals surface area contributed by atoms with Crippen molar-refractivity contribution in [3.63, 3.8) is 0 Å². The van der Waals surface area contributed by atoms with E-state index in [0.717, 1.165) is 17.5 Å². The minimum atomic E-state index is -0.372. The molecule has 14 heavy (non-hydrogen) atoms. The SMILES string of the molecule is Cc1cc(N)c(F)cc1C=CCCN. The normalized spacial score (nSPS) is 11.1. The molecular formula is C11H15FN2. The van der Waals surface area contributed by atoms with Crippen molar-refractivity contribution >= 4 is 11.8 Å². The summed E-state index contributed by atoms with van der Waals surface area (Å²) in [5.41, 5.74) is 12.8. The minimum Gasteiger partial charge on any atom is -0.396 e. The molecule has 0 radical (unpaired) electrons. The fraction of sp³-hybridized carbons (Fsp3) is 0.273. The number of hydrogen-bond donors (Lipinski definition) is 2. The van der Waals surface area contributed by atoms with Crippen LogP contribution in [-0.2, 0) is 0 Å². The maximum absolute atomic E-state index is 13.1. The number of benzene rings is 1. The fourth-order valence-electron chi connectivity index (χ4n) is 1.21. The molecule has 1 aromatic rings. The molecule has 0 spiro atoms. The molecule has 1 aromatic carbocycles. The molecule has 0 fully saturated rings. The van der Waals surface area contributed by atoms with Crippen LogP contribution in [0.2, 0.25) is 0 Å². The van der Waals surface area contributed by atoms with E-state index >= 15 is 0 Å². The quantitative estimate of drug-likeness (QED) is 0.724. The largest absolute Gasteiger partial charge is 0.396 e. The van der Waals surface area contributed by atoms with E-state index in [0.29, 0.717) is 6.54 Å². The summed E-state index contributed by atoms with van der Waals surface area (Å²) in [4.78, 5) is 0. The summed E-state index contributed by atoms with van der Waals surface area (Å²) < 4.78 is 13.1. The molecule has 0 bridgehead atoms. The van der Waals surface area contributed by atoms with Crippen LogP contribution >= 0.6 is 0 Å². The van der Waals surface area contributed by atoms with Crippen molar-refractivity contribution in [2.45, 2.75) is 13.3 Å². The lowest BCUT2D eigenvalue weighted by atomic mass is 10.1. The van der Waals surface area contributed by atoms with Gasteiger partial charge in [0.2, 0.25) is 0 Å². The smallest absolute Gasteiger partial charge is 0.146 e. The molecule has 4 N–H and O–H groups in total. The Balaban J connectivity index is 2.92. The van der Waals surface area contributed by atoms with E-state index < -0.39 is 0 Å². The standard InChI is InChI=1S/C11H15FN2/c1-8-6-11(14)10(12)7-9(8)4-2-3-5-13/h2,4,6-7H,3,5,13-14H2,1H3. The van der Waals surface area contributed by atoms with Gasteiger partial charge in [0.1, 0.15) is 5.82 Å². The van der Waals surface area contributed by atoms with Gasteiger partial charge in [0.25, 0.3) is 0 Å². The highest BCUT2D eigenvalue weighted by atomic mass is 19.1. The van der Waals surface area contributed by atoms with E-state index in [1.165, 1.54) is 6.07 Å². The number of nitrogen functional groups attached to an aromatic ring is 1. The van der Waals surface area contributed by atoms with Gasteiger partial charge in [-0.2, -0.15) is 0 Å². The van der Waals surface area contributed by atoms with Gasteiger partial charge >= 0.3 is 0 Å². The summed E-state index contributed by atoms with van der Waals surface area (Å²) >= 11 is 0. The van der Waals surface area contributed by atoms with Crippen LogP contribution in [-0.4, -0.2) is 6.54 Å². The maximum Gasteiger partial charge on any atom is 0.146 e. The van der Waals surface area contributed by atoms with Gasteiger partial charge in [-0.1, -0.05) is 12.2 Å². The van der Waals surface area contributed by atoms with Crippen molar-refractivity contribution in [3.8, 4) is 0 Å². The van der Waals surface area contributed by atoms with E-state index in [4.69, 9.17) is 11.5 Å². The highest BCUT2D eigenvalue weighted by Gasteiger charge is 2.01. The molecule has 0 aliphatic heterocycles. The third-order valence-corrected chi connectivity index (χ3v) is 2.02. The number of anilines is 1. The summed E-state index contributed by atoms with van der Waals surface area (Å²) in [7, 11) is 0. The Labute approximate surface area is 83.4 Å². The van der Waals surface area contributed by atoms with Crippen LogP contribution in [0.4, 0.5) is 10.1 Å². The molecule has 0 atom stereocenters. The summed E-state index contributed by atoms with van der Waals surface area (Å²) in [5.74, 6) is -0.372. The van der Waals surface area contributed by atoms with E-state index in [1.807, 2.05) is 19.1 Å². The second kappa shape index (κ2) is 4.77. The van der Waals surface area contributed by atoms with Gasteiger partial charge in [0.15, 0.2) is 0 Å². The van der Waals surface area contributed by atoms with E-state index in [2.05, 4.69) is 0 Å². The average Bonchev–Trinajstić information content (AvgIpc) is 2.14. The molecule has 76 valence electrons. The molecule has 0 aliphatic carbocycles. The molecule has 0 saturated carbocycles. The van der Waals surface area contributed by atoms with Crippen LogP contribution < -0.4 is 11.5 Å². The summed E-state index contributed by atoms with van der Waals surface area (Å²) in [5, 5.41) is 0. The second-order valence-electron chi connectivity index (χ2n) is 3.21. The van der Waals surface area contributed by atoms with Crippen molar-refractivity contribution in [3.05, 3.63) is 35.2 Å². The van der Waals surface area contributed by atoms with Crippen molar-refractivity contribution < 1.29 is 4.39 Å². The zero-order valence-corrected chi connectivity index (χ0v) is 8.26. The third-order valence-electron chi connectivity index (χ3n) is 2.02. The monoisotopic (exact) mass is 194 g/mol. The van der Waals surface area contributed by atoms with Crippen LogP contribution in [0.1, 0.15) is 17.5 Å². The molecule has 0 aromatic heterocycles. The van der Waals surface area contributed by atoms with Gasteiger partial charge in [-0.05, 0) is 43.1 Å². The minimum absolute atomic E-state index is 0.193. The van der Waals surface area contributed by atoms with Gasteiger partial charge in [-0.3, -0.25) is 0 Å².